The summed E-state index contributed by atoms with van der Waals surface area (Å²) in [7, 11) is 0.796. The molecule has 1 N–H and O–H groups in total. The van der Waals surface area contributed by atoms with Gasteiger partial charge in [0.1, 0.15) is 16.6 Å². The summed E-state index contributed by atoms with van der Waals surface area (Å²) in [5, 5.41) is 9.60. The molecule has 2 aliphatic rings. The average Bonchev–Trinajstić information content (AvgIpc) is 3.15. The van der Waals surface area contributed by atoms with Gasteiger partial charge in [-0.25, -0.2) is 17.5 Å². The fourth-order valence-corrected chi connectivity index (χ4v) is 5.18. The second-order valence-electron chi connectivity index (χ2n) is 7.37. The van der Waals surface area contributed by atoms with Gasteiger partial charge in [-0.1, -0.05) is 12.8 Å². The van der Waals surface area contributed by atoms with Gasteiger partial charge in [0.2, 0.25) is 10.0 Å². The summed E-state index contributed by atoms with van der Waals surface area (Å²) in [6.07, 6.45) is 5.64. The summed E-state index contributed by atoms with van der Waals surface area (Å²) in [4.78, 5) is 26.4. The van der Waals surface area contributed by atoms with Crippen LogP contribution in [0.1, 0.15) is 42.6 Å². The zero-order valence-electron chi connectivity index (χ0n) is 15.3. The fraction of sp³-hybridized carbons (Fsp3) is 0.647. The van der Waals surface area contributed by atoms with E-state index in [-0.39, 0.29) is 22.5 Å². The van der Waals surface area contributed by atoms with E-state index in [1.54, 1.807) is 7.05 Å². The minimum Gasteiger partial charge on any atom is -0.480 e. The van der Waals surface area contributed by atoms with E-state index in [0.717, 1.165) is 30.0 Å². The number of fused-ring (bicyclic) bond motifs is 1. The number of nitrogens with zero attached hydrogens (tertiary/aromatic N) is 3. The predicted molar refractivity (Wildman–Crippen MR) is 94.2 cm³/mol. The Hall–Kier alpha value is -1.87. The van der Waals surface area contributed by atoms with Gasteiger partial charge in [0.15, 0.2) is 0 Å². The largest absolute Gasteiger partial charge is 0.480 e. The van der Waals surface area contributed by atoms with Crippen LogP contribution in [-0.2, 0) is 21.9 Å². The van der Waals surface area contributed by atoms with Crippen molar-refractivity contribution in [1.82, 2.24) is 13.8 Å². The Bertz CT molecular complexity index is 829. The highest BCUT2D eigenvalue weighted by Crippen LogP contribution is 2.40. The van der Waals surface area contributed by atoms with Gasteiger partial charge >= 0.3 is 5.97 Å². The van der Waals surface area contributed by atoms with Gasteiger partial charge in [-0.05, 0) is 31.2 Å². The molecule has 0 bridgehead atoms. The molecule has 2 fully saturated rings. The van der Waals surface area contributed by atoms with Crippen LogP contribution in [0.4, 0.5) is 0 Å². The van der Waals surface area contributed by atoms with Crippen LogP contribution in [0, 0.1) is 5.92 Å². The Morgan fingerprint density at radius 3 is 2.50 bits per heavy atom. The third kappa shape index (κ3) is 3.03. The van der Waals surface area contributed by atoms with Crippen molar-refractivity contribution >= 4 is 21.9 Å². The number of carbonyl (C=O) groups excluding carboxylic acids is 1. The molecule has 0 aromatic carbocycles. The lowest BCUT2D eigenvalue weighted by Crippen LogP contribution is -2.46. The third-order valence-corrected chi connectivity index (χ3v) is 7.37. The molecule has 1 amide bonds. The maximum Gasteiger partial charge on any atom is 0.326 e. The number of sulfonamides is 1. The molecule has 3 rings (SSSR count). The molecule has 1 saturated heterocycles. The molecule has 2 heterocycles. The molecule has 8 nitrogen and oxygen atoms in total. The van der Waals surface area contributed by atoms with Crippen molar-refractivity contribution in [3.8, 4) is 0 Å². The van der Waals surface area contributed by atoms with Gasteiger partial charge in [0.25, 0.3) is 5.91 Å². The first-order chi connectivity index (χ1) is 12.1. The van der Waals surface area contributed by atoms with Crippen LogP contribution in [-0.4, -0.2) is 65.4 Å². The van der Waals surface area contributed by atoms with Crippen LogP contribution in [0.2, 0.25) is 0 Å². The van der Waals surface area contributed by atoms with Gasteiger partial charge in [-0.3, -0.25) is 4.79 Å². The van der Waals surface area contributed by atoms with Gasteiger partial charge in [-0.2, -0.15) is 0 Å². The normalized spacial score (nSPS) is 26.2. The molecule has 1 aliphatic carbocycles. The van der Waals surface area contributed by atoms with E-state index >= 15 is 0 Å². The number of aromatic nitrogens is 1. The highest BCUT2D eigenvalue weighted by atomic mass is 32.2. The first-order valence-electron chi connectivity index (χ1n) is 8.79. The first kappa shape index (κ1) is 18.9. The standard InChI is InChI=1S/C17H25N3O5S/c1-18(2)26(24,25)12-9-14(19(3)10-12)16(21)20-13-7-5-4-6-11(13)8-15(20)17(22)23/h9-11,13,15H,4-8H2,1-3H3,(H,22,23). The number of aliphatic carboxylic acids is 1. The minimum atomic E-state index is -3.66. The molecule has 26 heavy (non-hydrogen) atoms. The van der Waals surface area contributed by atoms with Gasteiger partial charge in [-0.15, -0.1) is 0 Å². The smallest absolute Gasteiger partial charge is 0.326 e. The maximum absolute atomic E-state index is 13.2. The minimum absolute atomic E-state index is 0.0274. The third-order valence-electron chi connectivity index (χ3n) is 5.59. The lowest BCUT2D eigenvalue weighted by atomic mass is 9.84. The number of hydrogen-bond acceptors (Lipinski definition) is 4. The molecule has 1 aromatic heterocycles. The lowest BCUT2D eigenvalue weighted by molar-refractivity contribution is -0.141. The van der Waals surface area contributed by atoms with E-state index in [2.05, 4.69) is 0 Å². The molecule has 9 heteroatoms. The summed E-state index contributed by atoms with van der Waals surface area (Å²) in [6, 6.07) is 0.410. The summed E-state index contributed by atoms with van der Waals surface area (Å²) in [5.74, 6) is -1.20. The molecule has 3 unspecified atom stereocenters. The summed E-state index contributed by atoms with van der Waals surface area (Å²) in [5.41, 5.74) is 0.197. The molecular formula is C17H25N3O5S. The van der Waals surface area contributed by atoms with Gasteiger partial charge in [0, 0.05) is 33.4 Å². The molecule has 1 aromatic rings. The Morgan fingerprint density at radius 2 is 1.88 bits per heavy atom. The number of amides is 1. The van der Waals surface area contributed by atoms with Crippen LogP contribution < -0.4 is 0 Å². The second-order valence-corrected chi connectivity index (χ2v) is 9.53. The summed E-state index contributed by atoms with van der Waals surface area (Å²) >= 11 is 0. The maximum atomic E-state index is 13.2. The SMILES string of the molecule is CN(C)S(=O)(=O)c1cc(C(=O)N2C(C(=O)O)CC3CCCCC32)n(C)c1. The van der Waals surface area contributed by atoms with Crippen molar-refractivity contribution in [3.63, 3.8) is 0 Å². The van der Waals surface area contributed by atoms with E-state index < -0.39 is 27.9 Å². The van der Waals surface area contributed by atoms with E-state index in [1.165, 1.54) is 35.8 Å². The number of carbonyl (C=O) groups is 2. The Labute approximate surface area is 153 Å². The predicted octanol–water partition coefficient (Wildman–Crippen LogP) is 1.13. The molecular weight excluding hydrogens is 358 g/mol. The number of aryl methyl sites for hydroxylation is 1. The second kappa shape index (κ2) is 6.70. The van der Waals surface area contributed by atoms with Gasteiger partial charge < -0.3 is 14.6 Å². The van der Waals surface area contributed by atoms with Crippen LogP contribution in [0.5, 0.6) is 0 Å². The van der Waals surface area contributed by atoms with Crippen molar-refractivity contribution in [2.75, 3.05) is 14.1 Å². The average molecular weight is 383 g/mol. The van der Waals surface area contributed by atoms with Crippen molar-refractivity contribution in [2.24, 2.45) is 13.0 Å². The van der Waals surface area contributed by atoms with E-state index in [9.17, 15) is 23.1 Å². The van der Waals surface area contributed by atoms with Crippen molar-refractivity contribution in [1.29, 1.82) is 0 Å². The quantitative estimate of drug-likeness (QED) is 0.840. The number of carboxylic acids is 1. The number of rotatable bonds is 4. The van der Waals surface area contributed by atoms with Gasteiger partial charge in [0.05, 0.1) is 0 Å². The molecule has 0 radical (unpaired) electrons. The molecule has 3 atom stereocenters. The van der Waals surface area contributed by atoms with E-state index in [1.807, 2.05) is 0 Å². The number of carboxylic acid groups (broad SMARTS) is 1. The molecule has 1 aliphatic heterocycles. The Kier molecular flexibility index (Phi) is 4.87. The lowest BCUT2D eigenvalue weighted by Gasteiger charge is -2.33. The molecule has 1 saturated carbocycles. The van der Waals surface area contributed by atoms with Crippen LogP contribution >= 0.6 is 0 Å². The topological polar surface area (TPSA) is 99.9 Å². The highest BCUT2D eigenvalue weighted by molar-refractivity contribution is 7.89. The summed E-state index contributed by atoms with van der Waals surface area (Å²) < 4.78 is 27.2. The molecule has 144 valence electrons. The fourth-order valence-electron chi connectivity index (χ4n) is 4.20. The van der Waals surface area contributed by atoms with E-state index in [4.69, 9.17) is 0 Å². The monoisotopic (exact) mass is 383 g/mol. The highest BCUT2D eigenvalue weighted by Gasteiger charge is 2.48. The number of likely N-dealkylation sites (tertiary alicyclic amines) is 1. The zero-order chi connectivity index (χ0) is 19.2. The first-order valence-corrected chi connectivity index (χ1v) is 10.2. The van der Waals surface area contributed by atoms with Crippen molar-refractivity contribution in [3.05, 3.63) is 18.0 Å². The Morgan fingerprint density at radius 1 is 1.23 bits per heavy atom. The van der Waals surface area contributed by atoms with E-state index in [0.29, 0.717) is 6.42 Å². The van der Waals surface area contributed by atoms with Crippen LogP contribution in [0.15, 0.2) is 17.2 Å². The molecule has 0 spiro atoms. The number of hydrogen-bond donors (Lipinski definition) is 1. The van der Waals surface area contributed by atoms with Crippen LogP contribution in [0.25, 0.3) is 0 Å². The van der Waals surface area contributed by atoms with Crippen molar-refractivity contribution < 1.29 is 23.1 Å². The summed E-state index contributed by atoms with van der Waals surface area (Å²) in [6.45, 7) is 0. The zero-order valence-corrected chi connectivity index (χ0v) is 16.1. The van der Waals surface area contributed by atoms with Crippen molar-refractivity contribution in [2.45, 2.75) is 49.1 Å². The Balaban J connectivity index is 1.97. The van der Waals surface area contributed by atoms with Crippen LogP contribution in [0.3, 0.4) is 0 Å².